The second-order valence-corrected chi connectivity index (χ2v) is 15.1. The Labute approximate surface area is 152 Å². The van der Waals surface area contributed by atoms with Crippen LogP contribution in [0.5, 0.6) is 0 Å². The SMILES string of the molecule is C[C@@H]1CC[C@@H](C)P1N1CCC[C@@H]1[C@H]1CCCN1P1[C@H](C)CC[C@H]1C. The van der Waals surface area contributed by atoms with Crippen LogP contribution >= 0.6 is 16.1 Å². The van der Waals surface area contributed by atoms with Gasteiger partial charge < -0.3 is 0 Å². The van der Waals surface area contributed by atoms with Crippen molar-refractivity contribution in [2.24, 2.45) is 0 Å². The van der Waals surface area contributed by atoms with Gasteiger partial charge in [-0.05, 0) is 90.1 Å². The van der Waals surface area contributed by atoms with Crippen LogP contribution in [0.3, 0.4) is 0 Å². The second-order valence-electron chi connectivity index (χ2n) is 9.06. The van der Waals surface area contributed by atoms with Gasteiger partial charge in [-0.15, -0.1) is 0 Å². The van der Waals surface area contributed by atoms with Gasteiger partial charge in [0.05, 0.1) is 0 Å². The molecule has 4 fully saturated rings. The van der Waals surface area contributed by atoms with E-state index in [0.29, 0.717) is 0 Å². The normalized spacial score (nSPS) is 46.5. The summed E-state index contributed by atoms with van der Waals surface area (Å²) in [5, 5.41) is 0. The minimum absolute atomic E-state index is 0.136. The Kier molecular flexibility index (Phi) is 5.61. The molecule has 0 unspecified atom stereocenters. The Morgan fingerprint density at radius 1 is 0.542 bits per heavy atom. The Morgan fingerprint density at radius 2 is 0.875 bits per heavy atom. The molecule has 0 N–H and O–H groups in total. The van der Waals surface area contributed by atoms with Gasteiger partial charge in [0.1, 0.15) is 0 Å². The summed E-state index contributed by atoms with van der Waals surface area (Å²) < 4.78 is 6.17. The lowest BCUT2D eigenvalue weighted by atomic mass is 10.1. The molecule has 6 atom stereocenters. The van der Waals surface area contributed by atoms with Crippen LogP contribution in [0, 0.1) is 0 Å². The molecule has 4 heterocycles. The lowest BCUT2D eigenvalue weighted by molar-refractivity contribution is 0.269. The van der Waals surface area contributed by atoms with Crippen LogP contribution in [0.15, 0.2) is 0 Å². The van der Waals surface area contributed by atoms with Crippen LogP contribution in [-0.2, 0) is 0 Å². The summed E-state index contributed by atoms with van der Waals surface area (Å²) in [5.41, 5.74) is 3.95. The predicted molar refractivity (Wildman–Crippen MR) is 110 cm³/mol. The fourth-order valence-corrected chi connectivity index (χ4v) is 13.7. The van der Waals surface area contributed by atoms with Crippen molar-refractivity contribution in [3.8, 4) is 0 Å². The van der Waals surface area contributed by atoms with Gasteiger partial charge in [-0.25, -0.2) is 0 Å². The zero-order valence-electron chi connectivity index (χ0n) is 16.3. The fourth-order valence-electron chi connectivity index (χ4n) is 6.29. The first kappa shape index (κ1) is 18.2. The largest absolute Gasteiger partial charge is 0.277 e. The summed E-state index contributed by atoms with van der Waals surface area (Å²) in [4.78, 5) is 0. The molecule has 138 valence electrons. The molecule has 4 aliphatic rings. The number of rotatable bonds is 3. The minimum Gasteiger partial charge on any atom is -0.277 e. The molecule has 24 heavy (non-hydrogen) atoms. The van der Waals surface area contributed by atoms with Crippen LogP contribution in [0.2, 0.25) is 0 Å². The first-order valence-electron chi connectivity index (χ1n) is 10.7. The van der Waals surface area contributed by atoms with Gasteiger partial charge >= 0.3 is 0 Å². The molecular weight excluding hydrogens is 330 g/mol. The second kappa shape index (κ2) is 7.42. The van der Waals surface area contributed by atoms with Crippen molar-refractivity contribution >= 4 is 16.1 Å². The lowest BCUT2D eigenvalue weighted by Gasteiger charge is -2.44. The van der Waals surface area contributed by atoms with Gasteiger partial charge in [-0.3, -0.25) is 9.34 Å². The molecule has 0 aromatic heterocycles. The van der Waals surface area contributed by atoms with Gasteiger partial charge in [-0.2, -0.15) is 0 Å². The molecule has 4 saturated heterocycles. The van der Waals surface area contributed by atoms with Crippen LogP contribution in [-0.4, -0.2) is 57.2 Å². The van der Waals surface area contributed by atoms with E-state index in [-0.39, 0.29) is 16.1 Å². The number of hydrogen-bond donors (Lipinski definition) is 0. The van der Waals surface area contributed by atoms with Crippen LogP contribution in [0.1, 0.15) is 79.1 Å². The summed E-state index contributed by atoms with van der Waals surface area (Å²) in [6.07, 6.45) is 11.9. The Hall–Kier alpha value is 0.780. The average molecular weight is 368 g/mol. The minimum atomic E-state index is 0.136. The molecule has 0 radical (unpaired) electrons. The van der Waals surface area contributed by atoms with Crippen molar-refractivity contribution in [2.45, 2.75) is 114 Å². The van der Waals surface area contributed by atoms with Gasteiger partial charge in [0.2, 0.25) is 0 Å². The Bertz CT molecular complexity index is 385. The van der Waals surface area contributed by atoms with Crippen molar-refractivity contribution in [3.63, 3.8) is 0 Å². The summed E-state index contributed by atoms with van der Waals surface area (Å²) in [6, 6.07) is 1.81. The third-order valence-electron chi connectivity index (χ3n) is 7.39. The molecule has 0 saturated carbocycles. The molecule has 4 rings (SSSR count). The van der Waals surface area contributed by atoms with Gasteiger partial charge in [0.25, 0.3) is 0 Å². The molecule has 2 nitrogen and oxygen atoms in total. The molecule has 0 aromatic rings. The first-order chi connectivity index (χ1) is 11.6. The third-order valence-corrected chi connectivity index (χ3v) is 14.2. The van der Waals surface area contributed by atoms with Crippen molar-refractivity contribution in [1.29, 1.82) is 0 Å². The maximum atomic E-state index is 3.08. The van der Waals surface area contributed by atoms with E-state index < -0.39 is 0 Å². The van der Waals surface area contributed by atoms with E-state index in [0.717, 1.165) is 34.7 Å². The summed E-state index contributed by atoms with van der Waals surface area (Å²) in [7, 11) is 0.273. The van der Waals surface area contributed by atoms with Crippen molar-refractivity contribution < 1.29 is 0 Å². The van der Waals surface area contributed by atoms with Gasteiger partial charge in [-0.1, -0.05) is 27.7 Å². The van der Waals surface area contributed by atoms with E-state index in [9.17, 15) is 0 Å². The smallest absolute Gasteiger partial charge is 0.0294 e. The summed E-state index contributed by atoms with van der Waals surface area (Å²) >= 11 is 0. The maximum absolute atomic E-state index is 3.08. The molecule has 4 aliphatic heterocycles. The third kappa shape index (κ3) is 3.13. The van der Waals surface area contributed by atoms with Crippen LogP contribution in [0.25, 0.3) is 0 Å². The van der Waals surface area contributed by atoms with Crippen molar-refractivity contribution in [3.05, 3.63) is 0 Å². The topological polar surface area (TPSA) is 6.48 Å². The van der Waals surface area contributed by atoms with E-state index >= 15 is 0 Å². The number of hydrogen-bond acceptors (Lipinski definition) is 2. The van der Waals surface area contributed by atoms with E-state index in [1.807, 2.05) is 0 Å². The Morgan fingerprint density at radius 3 is 1.21 bits per heavy atom. The van der Waals surface area contributed by atoms with E-state index in [4.69, 9.17) is 0 Å². The van der Waals surface area contributed by atoms with Crippen LogP contribution in [0.4, 0.5) is 0 Å². The standard InChI is InChI=1S/C20H38N2P2/c1-15-9-10-16(2)23(15)21-13-5-7-19(21)20-8-6-14-22(20)24-17(3)11-12-18(24)4/h15-20H,5-14H2,1-4H3/t15-,16-,17-,18-,19-,20-/m1/s1. The maximum Gasteiger partial charge on any atom is 0.0294 e. The number of nitrogens with zero attached hydrogens (tertiary/aromatic N) is 2. The van der Waals surface area contributed by atoms with E-state index in [1.165, 1.54) is 64.5 Å². The molecular formula is C20H38N2P2. The molecule has 0 amide bonds. The first-order valence-corrected chi connectivity index (χ1v) is 13.5. The van der Waals surface area contributed by atoms with E-state index in [2.05, 4.69) is 37.0 Å². The van der Waals surface area contributed by atoms with Gasteiger partial charge in [0.15, 0.2) is 0 Å². The molecule has 0 aromatic carbocycles. The molecule has 4 heteroatoms. The van der Waals surface area contributed by atoms with Gasteiger partial charge in [0, 0.05) is 25.2 Å². The van der Waals surface area contributed by atoms with Crippen molar-refractivity contribution in [1.82, 2.24) is 9.34 Å². The highest BCUT2D eigenvalue weighted by Gasteiger charge is 2.48. The highest BCUT2D eigenvalue weighted by molar-refractivity contribution is 7.57. The average Bonchev–Trinajstić information content (AvgIpc) is 3.29. The monoisotopic (exact) mass is 368 g/mol. The van der Waals surface area contributed by atoms with Crippen molar-refractivity contribution in [2.75, 3.05) is 13.1 Å². The predicted octanol–water partition coefficient (Wildman–Crippen LogP) is 5.85. The summed E-state index contributed by atoms with van der Waals surface area (Å²) in [6.45, 7) is 13.1. The fraction of sp³-hybridized carbons (Fsp3) is 1.00. The highest BCUT2D eigenvalue weighted by Crippen LogP contribution is 2.64. The highest BCUT2D eigenvalue weighted by atomic mass is 31.1. The lowest BCUT2D eigenvalue weighted by Crippen LogP contribution is -2.44. The Balaban J connectivity index is 1.53. The quantitative estimate of drug-likeness (QED) is 0.577. The van der Waals surface area contributed by atoms with Crippen LogP contribution < -0.4 is 0 Å². The van der Waals surface area contributed by atoms with E-state index in [1.54, 1.807) is 0 Å². The zero-order valence-corrected chi connectivity index (χ0v) is 18.1. The molecule has 0 bridgehead atoms. The molecule has 0 aliphatic carbocycles. The summed E-state index contributed by atoms with van der Waals surface area (Å²) in [5.74, 6) is 0. The zero-order chi connectivity index (χ0) is 16.8. The molecule has 0 spiro atoms.